The van der Waals surface area contributed by atoms with E-state index < -0.39 is 0 Å². The van der Waals surface area contributed by atoms with Gasteiger partial charge in [0.2, 0.25) is 0 Å². The maximum atomic E-state index is 3.45. The highest BCUT2D eigenvalue weighted by Crippen LogP contribution is 2.35. The van der Waals surface area contributed by atoms with Crippen LogP contribution >= 0.6 is 0 Å². The molecule has 0 unspecified atom stereocenters. The van der Waals surface area contributed by atoms with Gasteiger partial charge in [-0.2, -0.15) is 0 Å². The van der Waals surface area contributed by atoms with E-state index in [-0.39, 0.29) is 0 Å². The van der Waals surface area contributed by atoms with E-state index in [1.807, 2.05) is 0 Å². The SMILES string of the molecule is CNCC1(CN(C)CCCN(C)C)CCCCCC1. The Labute approximate surface area is 120 Å². The predicted molar refractivity (Wildman–Crippen MR) is 84.7 cm³/mol. The third kappa shape index (κ3) is 6.73. The topological polar surface area (TPSA) is 18.5 Å². The lowest BCUT2D eigenvalue weighted by molar-refractivity contribution is 0.145. The molecule has 0 spiro atoms. The number of hydrogen-bond acceptors (Lipinski definition) is 3. The van der Waals surface area contributed by atoms with Gasteiger partial charge in [0.15, 0.2) is 0 Å². The average Bonchev–Trinajstić information content (AvgIpc) is 2.55. The van der Waals surface area contributed by atoms with Crippen LogP contribution in [0.25, 0.3) is 0 Å². The first-order valence-electron chi connectivity index (χ1n) is 8.06. The van der Waals surface area contributed by atoms with E-state index in [0.29, 0.717) is 5.41 Å². The molecule has 1 aliphatic rings. The van der Waals surface area contributed by atoms with Crippen LogP contribution in [0.15, 0.2) is 0 Å². The first-order chi connectivity index (χ1) is 9.08. The summed E-state index contributed by atoms with van der Waals surface area (Å²) in [5.41, 5.74) is 0.526. The zero-order valence-electron chi connectivity index (χ0n) is 13.7. The molecule has 0 saturated heterocycles. The third-order valence-corrected chi connectivity index (χ3v) is 4.47. The monoisotopic (exact) mass is 269 g/mol. The smallest absolute Gasteiger partial charge is 0.00471 e. The van der Waals surface area contributed by atoms with Crippen LogP contribution in [0, 0.1) is 5.41 Å². The van der Waals surface area contributed by atoms with Crippen LogP contribution in [0.1, 0.15) is 44.9 Å². The summed E-state index contributed by atoms with van der Waals surface area (Å²) in [5, 5.41) is 3.45. The maximum Gasteiger partial charge on any atom is 0.00471 e. The summed E-state index contributed by atoms with van der Waals surface area (Å²) in [6.07, 6.45) is 9.82. The fraction of sp³-hybridized carbons (Fsp3) is 1.00. The van der Waals surface area contributed by atoms with E-state index in [9.17, 15) is 0 Å². The van der Waals surface area contributed by atoms with Crippen molar-refractivity contribution in [1.82, 2.24) is 15.1 Å². The van der Waals surface area contributed by atoms with Crippen molar-refractivity contribution in [1.29, 1.82) is 0 Å². The lowest BCUT2D eigenvalue weighted by Gasteiger charge is -2.37. The van der Waals surface area contributed by atoms with Crippen molar-refractivity contribution < 1.29 is 0 Å². The molecule has 1 aliphatic carbocycles. The van der Waals surface area contributed by atoms with Crippen molar-refractivity contribution in [2.75, 3.05) is 54.4 Å². The molecule has 0 aromatic carbocycles. The molecule has 0 atom stereocenters. The van der Waals surface area contributed by atoms with E-state index >= 15 is 0 Å². The molecule has 0 aliphatic heterocycles. The summed E-state index contributed by atoms with van der Waals surface area (Å²) in [6.45, 7) is 4.87. The van der Waals surface area contributed by atoms with Gasteiger partial charge >= 0.3 is 0 Å². The second-order valence-electron chi connectivity index (χ2n) is 6.84. The Balaban J connectivity index is 2.42. The normalized spacial score (nSPS) is 19.9. The zero-order chi connectivity index (χ0) is 14.1. The van der Waals surface area contributed by atoms with Gasteiger partial charge in [-0.05, 0) is 66.0 Å². The Morgan fingerprint density at radius 3 is 2.11 bits per heavy atom. The van der Waals surface area contributed by atoms with Crippen LogP contribution in [0.4, 0.5) is 0 Å². The summed E-state index contributed by atoms with van der Waals surface area (Å²) < 4.78 is 0. The molecule has 0 aromatic rings. The largest absolute Gasteiger partial charge is 0.319 e. The van der Waals surface area contributed by atoms with Crippen molar-refractivity contribution in [3.05, 3.63) is 0 Å². The molecule has 1 fully saturated rings. The molecule has 114 valence electrons. The van der Waals surface area contributed by atoms with E-state index in [4.69, 9.17) is 0 Å². The molecule has 0 heterocycles. The maximum absolute atomic E-state index is 3.45. The molecule has 1 saturated carbocycles. The first-order valence-corrected chi connectivity index (χ1v) is 8.06. The highest BCUT2D eigenvalue weighted by molar-refractivity contribution is 4.86. The van der Waals surface area contributed by atoms with Crippen molar-refractivity contribution in [3.63, 3.8) is 0 Å². The lowest BCUT2D eigenvalue weighted by Crippen LogP contribution is -2.42. The minimum Gasteiger partial charge on any atom is -0.319 e. The van der Waals surface area contributed by atoms with E-state index in [0.717, 1.165) is 0 Å². The summed E-state index contributed by atoms with van der Waals surface area (Å²) in [6, 6.07) is 0. The van der Waals surface area contributed by atoms with E-state index in [1.54, 1.807) is 0 Å². The molecule has 0 amide bonds. The van der Waals surface area contributed by atoms with Gasteiger partial charge in [-0.25, -0.2) is 0 Å². The molecule has 3 nitrogen and oxygen atoms in total. The van der Waals surface area contributed by atoms with Crippen LogP contribution in [-0.4, -0.2) is 64.2 Å². The van der Waals surface area contributed by atoms with Gasteiger partial charge in [0.1, 0.15) is 0 Å². The number of hydrogen-bond donors (Lipinski definition) is 1. The first kappa shape index (κ1) is 16.9. The van der Waals surface area contributed by atoms with E-state index in [1.165, 1.54) is 71.1 Å². The molecular formula is C16H35N3. The molecule has 3 heteroatoms. The summed E-state index contributed by atoms with van der Waals surface area (Å²) in [4.78, 5) is 4.84. The highest BCUT2D eigenvalue weighted by atomic mass is 15.1. The third-order valence-electron chi connectivity index (χ3n) is 4.47. The highest BCUT2D eigenvalue weighted by Gasteiger charge is 2.31. The van der Waals surface area contributed by atoms with Gasteiger partial charge in [-0.1, -0.05) is 25.7 Å². The number of nitrogens with one attached hydrogen (secondary N) is 1. The van der Waals surface area contributed by atoms with Gasteiger partial charge in [0, 0.05) is 13.1 Å². The number of rotatable bonds is 8. The van der Waals surface area contributed by atoms with Crippen LogP contribution in [0.3, 0.4) is 0 Å². The molecule has 0 radical (unpaired) electrons. The van der Waals surface area contributed by atoms with Gasteiger partial charge < -0.3 is 15.1 Å². The standard InChI is InChI=1S/C16H35N3/c1-17-14-16(10-7-5-6-8-11-16)15-19(4)13-9-12-18(2)3/h17H,5-15H2,1-4H3. The van der Waals surface area contributed by atoms with E-state index in [2.05, 4.69) is 43.3 Å². The quantitative estimate of drug-likeness (QED) is 0.683. The van der Waals surface area contributed by atoms with Gasteiger partial charge in [-0.15, -0.1) is 0 Å². The Bertz CT molecular complexity index is 220. The fourth-order valence-corrected chi connectivity index (χ4v) is 3.55. The minimum absolute atomic E-state index is 0.526. The molecule has 0 aromatic heterocycles. The second kappa shape index (κ2) is 8.93. The van der Waals surface area contributed by atoms with Crippen LogP contribution < -0.4 is 5.32 Å². The van der Waals surface area contributed by atoms with Crippen molar-refractivity contribution in [2.45, 2.75) is 44.9 Å². The molecule has 1 N–H and O–H groups in total. The molecule has 19 heavy (non-hydrogen) atoms. The summed E-state index contributed by atoms with van der Waals surface area (Å²) in [5.74, 6) is 0. The van der Waals surface area contributed by atoms with Crippen molar-refractivity contribution in [2.24, 2.45) is 5.41 Å². The van der Waals surface area contributed by atoms with Crippen molar-refractivity contribution in [3.8, 4) is 0 Å². The summed E-state index contributed by atoms with van der Waals surface area (Å²) >= 11 is 0. The van der Waals surface area contributed by atoms with Gasteiger partial charge in [0.05, 0.1) is 0 Å². The average molecular weight is 269 g/mol. The fourth-order valence-electron chi connectivity index (χ4n) is 3.55. The zero-order valence-corrected chi connectivity index (χ0v) is 13.7. The Hall–Kier alpha value is -0.120. The Kier molecular flexibility index (Phi) is 7.96. The Morgan fingerprint density at radius 1 is 0.947 bits per heavy atom. The van der Waals surface area contributed by atoms with Crippen LogP contribution in [0.2, 0.25) is 0 Å². The van der Waals surface area contributed by atoms with Gasteiger partial charge in [-0.3, -0.25) is 0 Å². The van der Waals surface area contributed by atoms with Crippen molar-refractivity contribution >= 4 is 0 Å². The van der Waals surface area contributed by atoms with Crippen LogP contribution in [0.5, 0.6) is 0 Å². The predicted octanol–water partition coefficient (Wildman–Crippen LogP) is 2.43. The number of nitrogens with zero attached hydrogens (tertiary/aromatic N) is 2. The molecular weight excluding hydrogens is 234 g/mol. The van der Waals surface area contributed by atoms with Crippen LogP contribution in [-0.2, 0) is 0 Å². The Morgan fingerprint density at radius 2 is 1.58 bits per heavy atom. The summed E-state index contributed by atoms with van der Waals surface area (Å²) in [7, 11) is 8.73. The van der Waals surface area contributed by atoms with Gasteiger partial charge in [0.25, 0.3) is 0 Å². The second-order valence-corrected chi connectivity index (χ2v) is 6.84. The molecule has 1 rings (SSSR count). The minimum atomic E-state index is 0.526. The molecule has 0 bridgehead atoms. The lowest BCUT2D eigenvalue weighted by atomic mass is 9.79.